The van der Waals surface area contributed by atoms with Crippen LogP contribution in [0.5, 0.6) is 0 Å². The fraction of sp³-hybridized carbons (Fsp3) is 0.250. The van der Waals surface area contributed by atoms with Crippen molar-refractivity contribution in [1.29, 1.82) is 0 Å². The van der Waals surface area contributed by atoms with Crippen molar-refractivity contribution in [3.05, 3.63) is 42.7 Å². The van der Waals surface area contributed by atoms with Gasteiger partial charge in [-0.1, -0.05) is 23.9 Å². The molecule has 0 unspecified atom stereocenters. The Kier molecular flexibility index (Phi) is 4.31. The van der Waals surface area contributed by atoms with Crippen LogP contribution < -0.4 is 5.32 Å². The van der Waals surface area contributed by atoms with E-state index in [2.05, 4.69) is 26.3 Å². The summed E-state index contributed by atoms with van der Waals surface area (Å²) in [6.45, 7) is 1.38. The number of nitrogens with one attached hydrogen (secondary N) is 1. The van der Waals surface area contributed by atoms with Crippen molar-refractivity contribution in [2.75, 3.05) is 24.2 Å². The molecule has 4 rings (SSSR count). The van der Waals surface area contributed by atoms with Gasteiger partial charge in [-0.05, 0) is 18.2 Å². The van der Waals surface area contributed by atoms with Gasteiger partial charge in [0.05, 0.1) is 22.0 Å². The Bertz CT molecular complexity index is 815. The molecule has 0 aliphatic carbocycles. The summed E-state index contributed by atoms with van der Waals surface area (Å²) in [5.41, 5.74) is 0.994. The van der Waals surface area contributed by atoms with Gasteiger partial charge in [0.15, 0.2) is 4.34 Å². The third-order valence-electron chi connectivity index (χ3n) is 3.73. The van der Waals surface area contributed by atoms with Gasteiger partial charge in [0, 0.05) is 25.5 Å². The second-order valence-electron chi connectivity index (χ2n) is 5.45. The van der Waals surface area contributed by atoms with E-state index in [0.29, 0.717) is 24.8 Å². The summed E-state index contributed by atoms with van der Waals surface area (Å²) < 4.78 is 2.10. The lowest BCUT2D eigenvalue weighted by Gasteiger charge is -2.39. The molecule has 1 aliphatic rings. The summed E-state index contributed by atoms with van der Waals surface area (Å²) in [5.74, 6) is 1.18. The summed E-state index contributed by atoms with van der Waals surface area (Å²) in [6.07, 6.45) is 3.40. The molecule has 3 aromatic rings. The molecular formula is C16H15N5OS2. The molecule has 1 amide bonds. The van der Waals surface area contributed by atoms with Crippen molar-refractivity contribution >= 4 is 45.2 Å². The van der Waals surface area contributed by atoms with E-state index < -0.39 is 0 Å². The minimum absolute atomic E-state index is 0.145. The van der Waals surface area contributed by atoms with E-state index >= 15 is 0 Å². The van der Waals surface area contributed by atoms with E-state index in [4.69, 9.17) is 0 Å². The fourth-order valence-electron chi connectivity index (χ4n) is 2.46. The third kappa shape index (κ3) is 3.34. The number of carbonyl (C=O) groups excluding carboxylic acids is 1. The molecular weight excluding hydrogens is 342 g/mol. The smallest absolute Gasteiger partial charge is 0.233 e. The lowest BCUT2D eigenvalue weighted by molar-refractivity contribution is -0.132. The normalized spacial score (nSPS) is 14.6. The number of hydrogen-bond donors (Lipinski definition) is 1. The van der Waals surface area contributed by atoms with Gasteiger partial charge in [-0.2, -0.15) is 0 Å². The molecule has 0 atom stereocenters. The maximum Gasteiger partial charge on any atom is 0.233 e. The highest BCUT2D eigenvalue weighted by molar-refractivity contribution is 8.01. The number of nitrogens with zero attached hydrogens (tertiary/aromatic N) is 4. The molecule has 8 heteroatoms. The molecule has 6 nitrogen and oxygen atoms in total. The quantitative estimate of drug-likeness (QED) is 0.708. The highest BCUT2D eigenvalue weighted by Gasteiger charge is 2.30. The zero-order chi connectivity index (χ0) is 16.4. The molecule has 1 saturated heterocycles. The third-order valence-corrected chi connectivity index (χ3v) is 5.89. The van der Waals surface area contributed by atoms with Crippen molar-refractivity contribution in [2.45, 2.75) is 10.4 Å². The molecule has 0 saturated carbocycles. The number of thioether (sulfide) groups is 1. The van der Waals surface area contributed by atoms with Gasteiger partial charge in [0.1, 0.15) is 0 Å². The summed E-state index contributed by atoms with van der Waals surface area (Å²) in [4.78, 5) is 26.9. The Balaban J connectivity index is 1.25. The summed E-state index contributed by atoms with van der Waals surface area (Å²) >= 11 is 3.14. The van der Waals surface area contributed by atoms with E-state index in [1.165, 1.54) is 11.8 Å². The molecule has 1 aliphatic heterocycles. The molecule has 0 bridgehead atoms. The fourth-order valence-corrected chi connectivity index (χ4v) is 4.43. The molecule has 0 spiro atoms. The average Bonchev–Trinajstić information content (AvgIpc) is 2.99. The van der Waals surface area contributed by atoms with E-state index in [1.807, 2.05) is 23.1 Å². The van der Waals surface area contributed by atoms with Gasteiger partial charge in [-0.25, -0.2) is 15.0 Å². The molecule has 0 radical (unpaired) electrons. The second kappa shape index (κ2) is 6.74. The molecule has 1 N–H and O–H groups in total. The number of para-hydroxylation sites is 1. The van der Waals surface area contributed by atoms with E-state index in [0.717, 1.165) is 14.6 Å². The van der Waals surface area contributed by atoms with Crippen LogP contribution in [0.3, 0.4) is 0 Å². The van der Waals surface area contributed by atoms with Gasteiger partial charge < -0.3 is 10.2 Å². The van der Waals surface area contributed by atoms with Crippen LogP contribution in [-0.2, 0) is 4.79 Å². The van der Waals surface area contributed by atoms with Gasteiger partial charge in [0.2, 0.25) is 11.9 Å². The summed E-state index contributed by atoms with van der Waals surface area (Å²) in [7, 11) is 0. The predicted molar refractivity (Wildman–Crippen MR) is 96.4 cm³/mol. The number of carbonyl (C=O) groups is 1. The van der Waals surface area contributed by atoms with E-state index in [1.54, 1.807) is 29.8 Å². The molecule has 1 fully saturated rings. The van der Waals surface area contributed by atoms with E-state index in [-0.39, 0.29) is 11.9 Å². The standard InChI is InChI=1S/C16H15N5OS2/c22-14(10-23-16-20-12-4-1-2-5-13(12)24-16)21-8-11(9-21)19-15-17-6-3-7-18-15/h1-7,11H,8-10H2,(H,17,18,19). The number of likely N-dealkylation sites (tertiary alicyclic amines) is 1. The Hall–Kier alpha value is -2.19. The molecule has 3 heterocycles. The van der Waals surface area contributed by atoms with Crippen LogP contribution in [-0.4, -0.2) is 50.6 Å². The van der Waals surface area contributed by atoms with Crippen molar-refractivity contribution in [2.24, 2.45) is 0 Å². The minimum atomic E-state index is 0.145. The highest BCUT2D eigenvalue weighted by Crippen LogP contribution is 2.29. The van der Waals surface area contributed by atoms with Crippen molar-refractivity contribution in [1.82, 2.24) is 19.9 Å². The molecule has 2 aromatic heterocycles. The van der Waals surface area contributed by atoms with Crippen LogP contribution in [0.25, 0.3) is 10.2 Å². The lowest BCUT2D eigenvalue weighted by Crippen LogP contribution is -2.57. The first-order valence-electron chi connectivity index (χ1n) is 7.57. The topological polar surface area (TPSA) is 71.0 Å². The SMILES string of the molecule is O=C(CSc1nc2ccccc2s1)N1CC(Nc2ncccn2)C1. The van der Waals surface area contributed by atoms with Crippen molar-refractivity contribution < 1.29 is 4.79 Å². The van der Waals surface area contributed by atoms with Gasteiger partial charge in [-0.15, -0.1) is 11.3 Å². The number of anilines is 1. The van der Waals surface area contributed by atoms with Crippen LogP contribution in [0.4, 0.5) is 5.95 Å². The number of amides is 1. The van der Waals surface area contributed by atoms with Crippen LogP contribution >= 0.6 is 23.1 Å². The van der Waals surface area contributed by atoms with Gasteiger partial charge in [0.25, 0.3) is 0 Å². The first-order valence-corrected chi connectivity index (χ1v) is 9.38. The average molecular weight is 357 g/mol. The van der Waals surface area contributed by atoms with Crippen LogP contribution in [0, 0.1) is 0 Å². The minimum Gasteiger partial charge on any atom is -0.348 e. The predicted octanol–water partition coefficient (Wildman–Crippen LogP) is 2.50. The Morgan fingerprint density at radius 3 is 2.83 bits per heavy atom. The second-order valence-corrected chi connectivity index (χ2v) is 7.70. The largest absolute Gasteiger partial charge is 0.348 e. The van der Waals surface area contributed by atoms with Crippen LogP contribution in [0.1, 0.15) is 0 Å². The summed E-state index contributed by atoms with van der Waals surface area (Å²) in [6, 6.07) is 10.0. The van der Waals surface area contributed by atoms with E-state index in [9.17, 15) is 4.79 Å². The number of hydrogen-bond acceptors (Lipinski definition) is 7. The zero-order valence-electron chi connectivity index (χ0n) is 12.8. The van der Waals surface area contributed by atoms with Crippen LogP contribution in [0.2, 0.25) is 0 Å². The monoisotopic (exact) mass is 357 g/mol. The van der Waals surface area contributed by atoms with Crippen molar-refractivity contribution in [3.63, 3.8) is 0 Å². The number of aromatic nitrogens is 3. The first kappa shape index (κ1) is 15.3. The highest BCUT2D eigenvalue weighted by atomic mass is 32.2. The number of rotatable bonds is 5. The lowest BCUT2D eigenvalue weighted by atomic mass is 10.1. The van der Waals surface area contributed by atoms with Gasteiger partial charge >= 0.3 is 0 Å². The Morgan fingerprint density at radius 2 is 2.04 bits per heavy atom. The summed E-state index contributed by atoms with van der Waals surface area (Å²) in [5, 5.41) is 3.22. The first-order chi connectivity index (χ1) is 11.8. The Morgan fingerprint density at radius 1 is 1.25 bits per heavy atom. The number of fused-ring (bicyclic) bond motifs is 1. The zero-order valence-corrected chi connectivity index (χ0v) is 14.4. The van der Waals surface area contributed by atoms with Gasteiger partial charge in [-0.3, -0.25) is 4.79 Å². The molecule has 24 heavy (non-hydrogen) atoms. The number of thiazole rings is 1. The molecule has 1 aromatic carbocycles. The maximum atomic E-state index is 12.2. The van der Waals surface area contributed by atoms with Crippen molar-refractivity contribution in [3.8, 4) is 0 Å². The Labute approximate surface area is 147 Å². The van der Waals surface area contributed by atoms with Crippen LogP contribution in [0.15, 0.2) is 47.1 Å². The number of benzene rings is 1. The maximum absolute atomic E-state index is 12.2. The molecule has 122 valence electrons.